The maximum atomic E-state index is 13.5. The van der Waals surface area contributed by atoms with Crippen LogP contribution in [0, 0.1) is 24.7 Å². The van der Waals surface area contributed by atoms with E-state index in [-0.39, 0.29) is 18.1 Å². The van der Waals surface area contributed by atoms with Crippen LogP contribution in [0.15, 0.2) is 42.5 Å². The number of carboxylic acids is 2. The van der Waals surface area contributed by atoms with E-state index in [0.717, 1.165) is 41.3 Å². The Morgan fingerprint density at radius 3 is 2.07 bits per heavy atom. The number of likely N-dealkylation sites (tertiary alicyclic amines) is 1. The maximum Gasteiger partial charge on any atom is 0.326 e. The zero-order valence-electron chi connectivity index (χ0n) is 36.2. The third kappa shape index (κ3) is 18.7. The fraction of sp³-hybridized carbons (Fsp3) is 0.674. The first-order chi connectivity index (χ1) is 27.0. The molecule has 57 heavy (non-hydrogen) atoms. The van der Waals surface area contributed by atoms with E-state index in [1.54, 1.807) is 11.8 Å². The Hall–Kier alpha value is -2.89. The quantitative estimate of drug-likeness (QED) is 0.126. The summed E-state index contributed by atoms with van der Waals surface area (Å²) < 4.78 is 21.1. The number of carbonyl (C=O) groups is 3. The molecule has 9 nitrogen and oxygen atoms in total. The predicted octanol–water partition coefficient (Wildman–Crippen LogP) is 10.3. The highest BCUT2D eigenvalue weighted by Crippen LogP contribution is 2.37. The van der Waals surface area contributed by atoms with Gasteiger partial charge in [0.1, 0.15) is 15.9 Å². The van der Waals surface area contributed by atoms with Crippen molar-refractivity contribution < 1.29 is 33.0 Å². The van der Waals surface area contributed by atoms with Crippen LogP contribution < -0.4 is 5.32 Å². The van der Waals surface area contributed by atoms with Gasteiger partial charge in [0.25, 0.3) is 5.91 Å². The highest BCUT2D eigenvalue weighted by Gasteiger charge is 2.34. The maximum absolute atomic E-state index is 13.5. The number of amides is 1. The first kappa shape index (κ1) is 50.3. The van der Waals surface area contributed by atoms with Gasteiger partial charge in [-0.1, -0.05) is 116 Å². The van der Waals surface area contributed by atoms with Gasteiger partial charge in [0.15, 0.2) is 0 Å². The van der Waals surface area contributed by atoms with E-state index >= 15 is 0 Å². The minimum absolute atomic E-state index is 0.0551. The Balaban J connectivity index is 0.000000550. The molecule has 4 rings (SSSR count). The summed E-state index contributed by atoms with van der Waals surface area (Å²) in [5, 5.41) is 20.9. The van der Waals surface area contributed by atoms with Gasteiger partial charge in [-0.3, -0.25) is 14.5 Å². The molecular formula is C46H74N2O7S2. The first-order valence-corrected chi connectivity index (χ1v) is 24.8. The lowest BCUT2D eigenvalue weighted by atomic mass is 9.84. The summed E-state index contributed by atoms with van der Waals surface area (Å²) in [6.45, 7) is 13.5. The molecule has 1 saturated carbocycles. The van der Waals surface area contributed by atoms with Crippen molar-refractivity contribution in [1.82, 2.24) is 10.2 Å². The van der Waals surface area contributed by atoms with Crippen LogP contribution in [0.25, 0.3) is 11.1 Å². The first-order valence-electron chi connectivity index (χ1n) is 21.4. The van der Waals surface area contributed by atoms with Crippen LogP contribution in [0.2, 0.25) is 0 Å². The molecule has 1 aliphatic heterocycles. The van der Waals surface area contributed by atoms with Gasteiger partial charge in [0.2, 0.25) is 0 Å². The number of nitrogens with zero attached hydrogens (tertiary/aromatic N) is 1. The number of aliphatic carboxylic acids is 2. The normalized spacial score (nSPS) is 18.5. The molecule has 0 bridgehead atoms. The molecule has 3 unspecified atom stereocenters. The average Bonchev–Trinajstić information content (AvgIpc) is 3.52. The van der Waals surface area contributed by atoms with Crippen molar-refractivity contribution in [2.45, 2.75) is 156 Å². The van der Waals surface area contributed by atoms with E-state index in [1.807, 2.05) is 24.5 Å². The van der Waals surface area contributed by atoms with Crippen LogP contribution in [0.5, 0.6) is 0 Å². The van der Waals surface area contributed by atoms with E-state index in [0.29, 0.717) is 29.8 Å². The molecule has 1 heterocycles. The Morgan fingerprint density at radius 2 is 1.53 bits per heavy atom. The zero-order chi connectivity index (χ0) is 42.5. The lowest BCUT2D eigenvalue weighted by Crippen LogP contribution is -2.41. The summed E-state index contributed by atoms with van der Waals surface area (Å²) in [6.07, 6.45) is 19.6. The standard InChI is InChI=1S/C34H48N2O3S.C6H12O4S.C6H14/c1-4-10-27-16-17-28(21-25-12-6-5-7-13-25)36(27)23-26-15-18-30(31(22-26)29-14-9-8-11-24(29)2)33(37)35-32(34(38)39)19-20-40-3;1-5(6(7)8)3-4-11(2,9)10;1-4-5-6(2)3/h8-9,11,14-15,18,22,25,27-28,32H,4-7,10,12-13,16-17,19-21,23H2,1-3H3,(H,35,37)(H,38,39);5H,3-4H2,1-2H3,(H,7,8);6H,4-5H2,1-3H3/t27-,28?,32?;;/m0../s1. The lowest BCUT2D eigenvalue weighted by molar-refractivity contribution is -0.141. The molecule has 0 aromatic heterocycles. The van der Waals surface area contributed by atoms with Crippen LogP contribution >= 0.6 is 11.8 Å². The molecular weight excluding hydrogens is 757 g/mol. The summed E-state index contributed by atoms with van der Waals surface area (Å²) in [4.78, 5) is 38.4. The monoisotopic (exact) mass is 830 g/mol. The van der Waals surface area contributed by atoms with Crippen molar-refractivity contribution in [2.24, 2.45) is 17.8 Å². The van der Waals surface area contributed by atoms with Gasteiger partial charge in [-0.15, -0.1) is 0 Å². The van der Waals surface area contributed by atoms with Crippen LogP contribution in [0.3, 0.4) is 0 Å². The second-order valence-electron chi connectivity index (χ2n) is 16.8. The fourth-order valence-corrected chi connectivity index (χ4v) is 9.25. The van der Waals surface area contributed by atoms with Gasteiger partial charge in [0, 0.05) is 30.4 Å². The zero-order valence-corrected chi connectivity index (χ0v) is 37.9. The van der Waals surface area contributed by atoms with Gasteiger partial charge >= 0.3 is 11.9 Å². The third-order valence-electron chi connectivity index (χ3n) is 11.3. The molecule has 2 aromatic rings. The van der Waals surface area contributed by atoms with Gasteiger partial charge in [-0.2, -0.15) is 11.8 Å². The summed E-state index contributed by atoms with van der Waals surface area (Å²) in [6, 6.07) is 14.7. The number of benzene rings is 2. The van der Waals surface area contributed by atoms with Crippen LogP contribution in [-0.4, -0.2) is 83.5 Å². The second kappa shape index (κ2) is 26.3. The highest BCUT2D eigenvalue weighted by atomic mass is 32.2. The number of thioether (sulfide) groups is 1. The molecule has 1 amide bonds. The van der Waals surface area contributed by atoms with Crippen molar-refractivity contribution in [3.05, 3.63) is 59.2 Å². The van der Waals surface area contributed by atoms with Crippen molar-refractivity contribution in [2.75, 3.05) is 24.0 Å². The minimum atomic E-state index is -3.02. The highest BCUT2D eigenvalue weighted by molar-refractivity contribution is 7.98. The van der Waals surface area contributed by atoms with Crippen LogP contribution in [-0.2, 0) is 26.0 Å². The molecule has 322 valence electrons. The van der Waals surface area contributed by atoms with Gasteiger partial charge in [-0.05, 0) is 104 Å². The molecule has 2 aromatic carbocycles. The largest absolute Gasteiger partial charge is 0.481 e. The molecule has 0 radical (unpaired) electrons. The van der Waals surface area contributed by atoms with Crippen molar-refractivity contribution in [3.8, 4) is 11.1 Å². The molecule has 2 aliphatic rings. The predicted molar refractivity (Wildman–Crippen MR) is 238 cm³/mol. The van der Waals surface area contributed by atoms with Gasteiger partial charge < -0.3 is 15.5 Å². The second-order valence-corrected chi connectivity index (χ2v) is 20.0. The molecule has 2 fully saturated rings. The molecule has 1 aliphatic carbocycles. The third-order valence-corrected chi connectivity index (χ3v) is 12.9. The van der Waals surface area contributed by atoms with Crippen molar-refractivity contribution in [1.29, 1.82) is 0 Å². The smallest absolute Gasteiger partial charge is 0.326 e. The molecule has 4 atom stereocenters. The molecule has 3 N–H and O–H groups in total. The molecule has 0 spiro atoms. The van der Waals surface area contributed by atoms with E-state index < -0.39 is 33.7 Å². The van der Waals surface area contributed by atoms with Gasteiger partial charge in [0.05, 0.1) is 11.7 Å². The SMILES string of the molecule is CC(CCS(C)(=O)=O)C(=O)O.CCCC(C)C.CCC[C@H]1CCC(CC2CCCCC2)N1Cc1ccc(C(=O)NC(CCSC)C(=O)O)c(-c2ccccc2C)c1. The summed E-state index contributed by atoms with van der Waals surface area (Å²) in [7, 11) is -3.02. The van der Waals surface area contributed by atoms with Crippen LogP contribution in [0.4, 0.5) is 0 Å². The fourth-order valence-electron chi connectivity index (χ4n) is 7.99. The number of carbonyl (C=O) groups excluding carboxylic acids is 1. The van der Waals surface area contributed by atoms with Crippen molar-refractivity contribution in [3.63, 3.8) is 0 Å². The lowest BCUT2D eigenvalue weighted by Gasteiger charge is -2.34. The minimum Gasteiger partial charge on any atom is -0.481 e. The van der Waals surface area contributed by atoms with E-state index in [4.69, 9.17) is 5.11 Å². The number of hydrogen-bond acceptors (Lipinski definition) is 7. The Bertz CT molecular complexity index is 1620. The van der Waals surface area contributed by atoms with Gasteiger partial charge in [-0.25, -0.2) is 13.2 Å². The average molecular weight is 831 g/mol. The Labute approximate surface area is 349 Å². The van der Waals surface area contributed by atoms with E-state index in [9.17, 15) is 27.9 Å². The number of carboxylic acid groups (broad SMARTS) is 2. The summed E-state index contributed by atoms with van der Waals surface area (Å²) in [5.74, 6) is -0.454. The number of aryl methyl sites for hydroxylation is 1. The number of nitrogens with one attached hydrogen (secondary N) is 1. The summed E-state index contributed by atoms with van der Waals surface area (Å²) in [5.41, 5.74) is 4.78. The number of rotatable bonds is 19. The molecule has 1 saturated heterocycles. The number of sulfone groups is 1. The Kier molecular flexibility index (Phi) is 23.2. The summed E-state index contributed by atoms with van der Waals surface area (Å²) >= 11 is 1.58. The van der Waals surface area contributed by atoms with E-state index in [1.165, 1.54) is 89.5 Å². The number of hydrogen-bond donors (Lipinski definition) is 3. The van der Waals surface area contributed by atoms with E-state index in [2.05, 4.69) is 69.1 Å². The topological polar surface area (TPSA) is 141 Å². The molecule has 11 heteroatoms. The Morgan fingerprint density at radius 1 is 0.860 bits per heavy atom. The van der Waals surface area contributed by atoms with Crippen LogP contribution in [0.1, 0.15) is 146 Å². The van der Waals surface area contributed by atoms with Crippen molar-refractivity contribution >= 4 is 39.4 Å².